The molecule has 0 unspecified atom stereocenters. The second-order valence-electron chi connectivity index (χ2n) is 3.72. The van der Waals surface area contributed by atoms with Crippen LogP contribution in [0.25, 0.3) is 11.0 Å². The van der Waals surface area contributed by atoms with Gasteiger partial charge in [-0.05, 0) is 23.8 Å². The third-order valence-electron chi connectivity index (χ3n) is 2.63. The minimum absolute atomic E-state index is 0.890. The van der Waals surface area contributed by atoms with Gasteiger partial charge in [0, 0.05) is 18.4 Å². The molecule has 2 heterocycles. The van der Waals surface area contributed by atoms with Gasteiger partial charge in [0.15, 0.2) is 0 Å². The lowest BCUT2D eigenvalue weighted by Crippen LogP contribution is -2.20. The van der Waals surface area contributed by atoms with Crippen LogP contribution in [-0.4, -0.2) is 18.9 Å². The van der Waals surface area contributed by atoms with Crippen molar-refractivity contribution in [2.24, 2.45) is 4.99 Å². The fourth-order valence-corrected chi connectivity index (χ4v) is 1.88. The lowest BCUT2D eigenvalue weighted by Gasteiger charge is -2.02. The maximum absolute atomic E-state index is 5.30. The number of benzene rings is 1. The maximum atomic E-state index is 5.30. The Hall–Kier alpha value is -1.77. The summed E-state index contributed by atoms with van der Waals surface area (Å²) in [4.78, 5) is 4.38. The van der Waals surface area contributed by atoms with Gasteiger partial charge in [0.05, 0.1) is 12.8 Å². The molecular weight excluding hydrogens is 188 g/mol. The zero-order valence-corrected chi connectivity index (χ0v) is 8.36. The van der Waals surface area contributed by atoms with E-state index in [0.717, 1.165) is 36.3 Å². The van der Waals surface area contributed by atoms with E-state index in [4.69, 9.17) is 4.42 Å². The first-order valence-corrected chi connectivity index (χ1v) is 5.15. The first kappa shape index (κ1) is 8.53. The summed E-state index contributed by atoms with van der Waals surface area (Å²) in [5, 5.41) is 4.43. The number of rotatable bonds is 2. The number of nitrogens with one attached hydrogen (secondary N) is 1. The van der Waals surface area contributed by atoms with Gasteiger partial charge >= 0.3 is 0 Å². The average Bonchev–Trinajstić information content (AvgIpc) is 2.87. The van der Waals surface area contributed by atoms with E-state index in [9.17, 15) is 0 Å². The molecule has 3 nitrogen and oxygen atoms in total. The highest BCUT2D eigenvalue weighted by Gasteiger charge is 2.06. The SMILES string of the molecule is c1cc2cc(CC3=NCCN3)ccc2o1. The number of amidine groups is 1. The van der Waals surface area contributed by atoms with E-state index in [1.807, 2.05) is 12.1 Å². The summed E-state index contributed by atoms with van der Waals surface area (Å²) in [6.07, 6.45) is 2.61. The molecule has 76 valence electrons. The maximum Gasteiger partial charge on any atom is 0.133 e. The van der Waals surface area contributed by atoms with E-state index in [1.165, 1.54) is 5.56 Å². The second-order valence-corrected chi connectivity index (χ2v) is 3.72. The van der Waals surface area contributed by atoms with E-state index < -0.39 is 0 Å². The van der Waals surface area contributed by atoms with Crippen LogP contribution in [-0.2, 0) is 6.42 Å². The number of furan rings is 1. The smallest absolute Gasteiger partial charge is 0.133 e. The van der Waals surface area contributed by atoms with Crippen molar-refractivity contribution in [1.29, 1.82) is 0 Å². The molecule has 1 aromatic heterocycles. The van der Waals surface area contributed by atoms with E-state index in [1.54, 1.807) is 6.26 Å². The Morgan fingerprint density at radius 2 is 2.33 bits per heavy atom. The normalized spacial score (nSPS) is 15.3. The summed E-state index contributed by atoms with van der Waals surface area (Å²) in [5.74, 6) is 1.10. The Balaban J connectivity index is 1.90. The van der Waals surface area contributed by atoms with Crippen LogP contribution < -0.4 is 5.32 Å². The number of fused-ring (bicyclic) bond motifs is 1. The molecule has 0 aliphatic carbocycles. The van der Waals surface area contributed by atoms with Gasteiger partial charge in [0.1, 0.15) is 11.4 Å². The summed E-state index contributed by atoms with van der Waals surface area (Å²) < 4.78 is 5.30. The second kappa shape index (κ2) is 3.42. The highest BCUT2D eigenvalue weighted by Crippen LogP contribution is 2.17. The van der Waals surface area contributed by atoms with Gasteiger partial charge in [0.2, 0.25) is 0 Å². The van der Waals surface area contributed by atoms with Crippen LogP contribution in [0.4, 0.5) is 0 Å². The van der Waals surface area contributed by atoms with Gasteiger partial charge in [-0.25, -0.2) is 0 Å². The van der Waals surface area contributed by atoms with Crippen molar-refractivity contribution in [3.05, 3.63) is 36.1 Å². The van der Waals surface area contributed by atoms with Crippen molar-refractivity contribution < 1.29 is 4.42 Å². The quantitative estimate of drug-likeness (QED) is 0.804. The van der Waals surface area contributed by atoms with E-state index in [-0.39, 0.29) is 0 Å². The summed E-state index contributed by atoms with van der Waals surface area (Å²) in [6.45, 7) is 1.88. The molecule has 1 aromatic carbocycles. The van der Waals surface area contributed by atoms with E-state index in [0.29, 0.717) is 0 Å². The van der Waals surface area contributed by atoms with Crippen LogP contribution in [0.3, 0.4) is 0 Å². The van der Waals surface area contributed by atoms with Gasteiger partial charge in [-0.3, -0.25) is 4.99 Å². The van der Waals surface area contributed by atoms with Crippen LogP contribution in [0.2, 0.25) is 0 Å². The molecule has 0 amide bonds. The van der Waals surface area contributed by atoms with Gasteiger partial charge < -0.3 is 9.73 Å². The molecule has 1 aliphatic rings. The number of aliphatic imine (C=N–C) groups is 1. The Morgan fingerprint density at radius 1 is 1.33 bits per heavy atom. The highest BCUT2D eigenvalue weighted by molar-refractivity contribution is 5.87. The van der Waals surface area contributed by atoms with Crippen molar-refractivity contribution in [2.75, 3.05) is 13.1 Å². The molecule has 1 N–H and O–H groups in total. The van der Waals surface area contributed by atoms with Crippen molar-refractivity contribution >= 4 is 16.8 Å². The van der Waals surface area contributed by atoms with Crippen LogP contribution in [0.1, 0.15) is 5.56 Å². The molecule has 0 atom stereocenters. The molecule has 15 heavy (non-hydrogen) atoms. The summed E-state index contributed by atoms with van der Waals surface area (Å²) in [5.41, 5.74) is 2.22. The topological polar surface area (TPSA) is 37.5 Å². The monoisotopic (exact) mass is 200 g/mol. The molecule has 0 saturated carbocycles. The predicted molar refractivity (Wildman–Crippen MR) is 60.2 cm³/mol. The molecule has 0 saturated heterocycles. The fraction of sp³-hybridized carbons (Fsp3) is 0.250. The first-order chi connectivity index (χ1) is 7.42. The molecule has 1 aliphatic heterocycles. The van der Waals surface area contributed by atoms with Crippen molar-refractivity contribution in [2.45, 2.75) is 6.42 Å². The van der Waals surface area contributed by atoms with Gasteiger partial charge in [0.25, 0.3) is 0 Å². The Kier molecular flexibility index (Phi) is 1.95. The number of nitrogens with zero attached hydrogens (tertiary/aromatic N) is 1. The lowest BCUT2D eigenvalue weighted by atomic mass is 10.1. The lowest BCUT2D eigenvalue weighted by molar-refractivity contribution is 0.616. The van der Waals surface area contributed by atoms with Gasteiger partial charge in [-0.1, -0.05) is 6.07 Å². The van der Waals surface area contributed by atoms with Gasteiger partial charge in [-0.2, -0.15) is 0 Å². The number of hydrogen-bond acceptors (Lipinski definition) is 3. The molecule has 0 spiro atoms. The highest BCUT2D eigenvalue weighted by atomic mass is 16.3. The fourth-order valence-electron chi connectivity index (χ4n) is 1.88. The predicted octanol–water partition coefficient (Wildman–Crippen LogP) is 1.98. The average molecular weight is 200 g/mol. The Bertz CT molecular complexity index is 513. The van der Waals surface area contributed by atoms with Crippen LogP contribution in [0.15, 0.2) is 39.9 Å². The van der Waals surface area contributed by atoms with E-state index in [2.05, 4.69) is 22.4 Å². The minimum atomic E-state index is 0.890. The van der Waals surface area contributed by atoms with Crippen molar-refractivity contribution in [1.82, 2.24) is 5.32 Å². The molecule has 3 rings (SSSR count). The Labute approximate surface area is 87.8 Å². The zero-order valence-electron chi connectivity index (χ0n) is 8.36. The summed E-state index contributed by atoms with van der Waals surface area (Å²) in [7, 11) is 0. The van der Waals surface area contributed by atoms with Crippen LogP contribution in [0.5, 0.6) is 0 Å². The van der Waals surface area contributed by atoms with Crippen molar-refractivity contribution in [3.63, 3.8) is 0 Å². The molecule has 0 bridgehead atoms. The molecule has 0 fully saturated rings. The standard InChI is InChI=1S/C12H12N2O/c1-2-11-10(3-6-15-11)7-9(1)8-12-13-4-5-14-12/h1-3,6-7H,4-5,8H2,(H,13,14). The first-order valence-electron chi connectivity index (χ1n) is 5.15. The van der Waals surface area contributed by atoms with Crippen LogP contribution in [0, 0.1) is 0 Å². The molecule has 3 heteroatoms. The van der Waals surface area contributed by atoms with Crippen LogP contribution >= 0.6 is 0 Å². The third kappa shape index (κ3) is 1.61. The number of hydrogen-bond donors (Lipinski definition) is 1. The summed E-state index contributed by atoms with van der Waals surface area (Å²) >= 11 is 0. The third-order valence-corrected chi connectivity index (χ3v) is 2.63. The van der Waals surface area contributed by atoms with Crippen molar-refractivity contribution in [3.8, 4) is 0 Å². The Morgan fingerprint density at radius 3 is 3.20 bits per heavy atom. The summed E-state index contributed by atoms with van der Waals surface area (Å²) in [6, 6.07) is 8.25. The molecular formula is C12H12N2O. The molecule has 2 aromatic rings. The minimum Gasteiger partial charge on any atom is -0.464 e. The zero-order chi connectivity index (χ0) is 10.1. The van der Waals surface area contributed by atoms with E-state index >= 15 is 0 Å². The van der Waals surface area contributed by atoms with Gasteiger partial charge in [-0.15, -0.1) is 0 Å². The molecule has 0 radical (unpaired) electrons. The largest absolute Gasteiger partial charge is 0.464 e.